The fraction of sp³-hybridized carbons (Fsp3) is 0.647. The Morgan fingerprint density at radius 3 is 3.10 bits per heavy atom. The Kier molecular flexibility index (Phi) is 5.06. The molecule has 2 aliphatic heterocycles. The Labute approximate surface area is 121 Å². The number of rotatable bonds is 5. The van der Waals surface area contributed by atoms with Crippen LogP contribution in [0.3, 0.4) is 0 Å². The second-order valence-corrected chi connectivity index (χ2v) is 5.82. The summed E-state index contributed by atoms with van der Waals surface area (Å²) in [7, 11) is 0. The van der Waals surface area contributed by atoms with Gasteiger partial charge in [-0.3, -0.25) is 0 Å². The molecule has 0 saturated carbocycles. The van der Waals surface area contributed by atoms with E-state index in [4.69, 9.17) is 9.47 Å². The summed E-state index contributed by atoms with van der Waals surface area (Å²) in [4.78, 5) is 0. The smallest absolute Gasteiger partial charge is 0.106 e. The van der Waals surface area contributed by atoms with Gasteiger partial charge in [-0.05, 0) is 43.4 Å². The number of piperidine rings is 1. The lowest BCUT2D eigenvalue weighted by molar-refractivity contribution is -0.0268. The Morgan fingerprint density at radius 2 is 2.20 bits per heavy atom. The molecule has 20 heavy (non-hydrogen) atoms. The van der Waals surface area contributed by atoms with E-state index in [1.54, 1.807) is 0 Å². The molecular weight excluding hydrogens is 250 g/mol. The molecule has 0 amide bonds. The van der Waals surface area contributed by atoms with E-state index in [2.05, 4.69) is 29.6 Å². The Balaban J connectivity index is 1.43. The average molecular weight is 275 g/mol. The van der Waals surface area contributed by atoms with Crippen molar-refractivity contribution >= 4 is 0 Å². The minimum absolute atomic E-state index is 0.124. The summed E-state index contributed by atoms with van der Waals surface area (Å²) in [6, 6.07) is 9.23. The Bertz CT molecular complexity index is 415. The van der Waals surface area contributed by atoms with Crippen LogP contribution in [0.15, 0.2) is 24.3 Å². The highest BCUT2D eigenvalue weighted by Crippen LogP contribution is 2.27. The van der Waals surface area contributed by atoms with Crippen molar-refractivity contribution in [1.82, 2.24) is 5.32 Å². The first-order valence-corrected chi connectivity index (χ1v) is 7.94. The Morgan fingerprint density at radius 1 is 1.25 bits per heavy atom. The number of hydrogen-bond acceptors (Lipinski definition) is 3. The number of ether oxygens (including phenoxy) is 2. The SMILES string of the molecule is c1ccc2c(c1)CCOC2COCCC1CCCCN1. The van der Waals surface area contributed by atoms with Crippen molar-refractivity contribution in [2.24, 2.45) is 0 Å². The summed E-state index contributed by atoms with van der Waals surface area (Å²) in [5.41, 5.74) is 2.73. The summed E-state index contributed by atoms with van der Waals surface area (Å²) in [5, 5.41) is 3.56. The van der Waals surface area contributed by atoms with Crippen molar-refractivity contribution in [3.8, 4) is 0 Å². The van der Waals surface area contributed by atoms with Gasteiger partial charge in [-0.2, -0.15) is 0 Å². The summed E-state index contributed by atoms with van der Waals surface area (Å²) in [5.74, 6) is 0. The van der Waals surface area contributed by atoms with Crippen molar-refractivity contribution in [1.29, 1.82) is 0 Å². The van der Waals surface area contributed by atoms with Crippen molar-refractivity contribution in [3.05, 3.63) is 35.4 Å². The summed E-state index contributed by atoms with van der Waals surface area (Å²) < 4.78 is 11.7. The van der Waals surface area contributed by atoms with Crippen LogP contribution in [0.4, 0.5) is 0 Å². The van der Waals surface area contributed by atoms with Crippen LogP contribution in [-0.2, 0) is 15.9 Å². The molecule has 1 aromatic carbocycles. The minimum Gasteiger partial charge on any atom is -0.378 e. The molecule has 0 spiro atoms. The number of nitrogens with one attached hydrogen (secondary N) is 1. The van der Waals surface area contributed by atoms with Crippen LogP contribution in [0, 0.1) is 0 Å². The zero-order valence-electron chi connectivity index (χ0n) is 12.1. The summed E-state index contributed by atoms with van der Waals surface area (Å²) in [6.45, 7) is 3.50. The molecule has 0 radical (unpaired) electrons. The molecule has 2 atom stereocenters. The topological polar surface area (TPSA) is 30.5 Å². The van der Waals surface area contributed by atoms with Gasteiger partial charge in [0.15, 0.2) is 0 Å². The van der Waals surface area contributed by atoms with Crippen LogP contribution >= 0.6 is 0 Å². The fourth-order valence-electron chi connectivity index (χ4n) is 3.20. The number of hydrogen-bond donors (Lipinski definition) is 1. The van der Waals surface area contributed by atoms with Gasteiger partial charge in [0.05, 0.1) is 13.2 Å². The van der Waals surface area contributed by atoms with E-state index in [1.807, 2.05) is 0 Å². The van der Waals surface area contributed by atoms with E-state index in [0.717, 1.165) is 26.1 Å². The van der Waals surface area contributed by atoms with Crippen LogP contribution in [0.1, 0.15) is 42.9 Å². The lowest BCUT2D eigenvalue weighted by Gasteiger charge is -2.27. The third-order valence-electron chi connectivity index (χ3n) is 4.38. The van der Waals surface area contributed by atoms with Crippen molar-refractivity contribution < 1.29 is 9.47 Å². The molecule has 1 saturated heterocycles. The van der Waals surface area contributed by atoms with Gasteiger partial charge in [0.25, 0.3) is 0 Å². The highest BCUT2D eigenvalue weighted by molar-refractivity contribution is 5.30. The van der Waals surface area contributed by atoms with Crippen LogP contribution in [0.2, 0.25) is 0 Å². The van der Waals surface area contributed by atoms with Gasteiger partial charge >= 0.3 is 0 Å². The van der Waals surface area contributed by atoms with Gasteiger partial charge < -0.3 is 14.8 Å². The molecule has 2 unspecified atom stereocenters. The van der Waals surface area contributed by atoms with Crippen LogP contribution in [0.5, 0.6) is 0 Å². The van der Waals surface area contributed by atoms with E-state index in [9.17, 15) is 0 Å². The van der Waals surface area contributed by atoms with E-state index >= 15 is 0 Å². The van der Waals surface area contributed by atoms with Gasteiger partial charge in [0.1, 0.15) is 6.10 Å². The molecule has 0 bridgehead atoms. The summed E-state index contributed by atoms with van der Waals surface area (Å²) in [6.07, 6.45) is 6.25. The van der Waals surface area contributed by atoms with Gasteiger partial charge in [-0.15, -0.1) is 0 Å². The zero-order chi connectivity index (χ0) is 13.6. The van der Waals surface area contributed by atoms with Gasteiger partial charge in [-0.1, -0.05) is 30.7 Å². The van der Waals surface area contributed by atoms with Crippen molar-refractivity contribution in [2.75, 3.05) is 26.4 Å². The van der Waals surface area contributed by atoms with Gasteiger partial charge in [0.2, 0.25) is 0 Å². The first-order chi connectivity index (χ1) is 9.93. The average Bonchev–Trinajstić information content (AvgIpc) is 2.53. The van der Waals surface area contributed by atoms with Gasteiger partial charge in [0, 0.05) is 12.6 Å². The first kappa shape index (κ1) is 14.1. The normalized spacial score (nSPS) is 26.2. The summed E-state index contributed by atoms with van der Waals surface area (Å²) >= 11 is 0. The quantitative estimate of drug-likeness (QED) is 0.838. The van der Waals surface area contributed by atoms with E-state index in [-0.39, 0.29) is 6.10 Å². The largest absolute Gasteiger partial charge is 0.378 e. The third kappa shape index (κ3) is 3.60. The monoisotopic (exact) mass is 275 g/mol. The van der Waals surface area contributed by atoms with Crippen molar-refractivity contribution in [3.63, 3.8) is 0 Å². The van der Waals surface area contributed by atoms with Crippen molar-refractivity contribution in [2.45, 2.75) is 44.2 Å². The van der Waals surface area contributed by atoms with Crippen LogP contribution in [0.25, 0.3) is 0 Å². The molecule has 0 aliphatic carbocycles. The van der Waals surface area contributed by atoms with Crippen LogP contribution in [-0.4, -0.2) is 32.4 Å². The first-order valence-electron chi connectivity index (χ1n) is 7.94. The third-order valence-corrected chi connectivity index (χ3v) is 4.38. The molecule has 1 aromatic rings. The van der Waals surface area contributed by atoms with E-state index < -0.39 is 0 Å². The maximum Gasteiger partial charge on any atom is 0.106 e. The Hall–Kier alpha value is -0.900. The highest BCUT2D eigenvalue weighted by atomic mass is 16.5. The molecule has 0 aromatic heterocycles. The van der Waals surface area contributed by atoms with Gasteiger partial charge in [-0.25, -0.2) is 0 Å². The number of benzene rings is 1. The predicted octanol–water partition coefficient (Wildman–Crippen LogP) is 2.85. The second kappa shape index (κ2) is 7.21. The molecule has 3 rings (SSSR count). The fourth-order valence-corrected chi connectivity index (χ4v) is 3.20. The zero-order valence-corrected chi connectivity index (χ0v) is 12.1. The number of fused-ring (bicyclic) bond motifs is 1. The molecule has 3 nitrogen and oxygen atoms in total. The van der Waals surface area contributed by atoms with Crippen LogP contribution < -0.4 is 5.32 Å². The molecule has 1 fully saturated rings. The lowest BCUT2D eigenvalue weighted by atomic mass is 9.98. The molecule has 1 N–H and O–H groups in total. The molecule has 2 heterocycles. The maximum atomic E-state index is 5.87. The maximum absolute atomic E-state index is 5.87. The van der Waals surface area contributed by atoms with E-state index in [1.165, 1.54) is 36.9 Å². The minimum atomic E-state index is 0.124. The standard InChI is InChI=1S/C17H25NO2/c1-2-7-16-14(5-1)8-12-20-17(16)13-19-11-9-15-6-3-4-10-18-15/h1-2,5,7,15,17-18H,3-4,6,8-13H2. The second-order valence-electron chi connectivity index (χ2n) is 5.82. The highest BCUT2D eigenvalue weighted by Gasteiger charge is 2.20. The predicted molar refractivity (Wildman–Crippen MR) is 79.9 cm³/mol. The molecule has 2 aliphatic rings. The van der Waals surface area contributed by atoms with E-state index in [0.29, 0.717) is 12.6 Å². The lowest BCUT2D eigenvalue weighted by Crippen LogP contribution is -2.35. The molecule has 110 valence electrons. The molecular formula is C17H25NO2. The molecule has 3 heteroatoms.